The van der Waals surface area contributed by atoms with Crippen molar-refractivity contribution in [3.8, 4) is 0 Å². The second kappa shape index (κ2) is 7.36. The van der Waals surface area contributed by atoms with Crippen molar-refractivity contribution >= 4 is 11.9 Å². The number of likely N-dealkylation sites (tertiary alicyclic amines) is 1. The molecule has 5 nitrogen and oxygen atoms in total. The van der Waals surface area contributed by atoms with Gasteiger partial charge in [-0.1, -0.05) is 19.8 Å². The van der Waals surface area contributed by atoms with Crippen molar-refractivity contribution in [1.82, 2.24) is 10.2 Å². The predicted octanol–water partition coefficient (Wildman–Crippen LogP) is 1.47. The van der Waals surface area contributed by atoms with Gasteiger partial charge in [0.2, 0.25) is 5.91 Å². The van der Waals surface area contributed by atoms with Gasteiger partial charge in [0, 0.05) is 0 Å². The lowest BCUT2D eigenvalue weighted by atomic mass is 9.96. The lowest BCUT2D eigenvalue weighted by Gasteiger charge is -2.26. The number of amides is 3. The maximum atomic E-state index is 11.7. The summed E-state index contributed by atoms with van der Waals surface area (Å²) in [4.78, 5) is 24.5. The average Bonchev–Trinajstić information content (AvgIpc) is 2.53. The number of nitrogens with two attached hydrogens (primary N) is 1. The topological polar surface area (TPSA) is 75.4 Å². The van der Waals surface area contributed by atoms with Crippen LogP contribution in [0.5, 0.6) is 0 Å². The molecule has 0 aliphatic carbocycles. The number of primary amides is 1. The first kappa shape index (κ1) is 15.0. The Morgan fingerprint density at radius 1 is 1.39 bits per heavy atom. The first-order valence-corrected chi connectivity index (χ1v) is 6.89. The quantitative estimate of drug-likeness (QED) is 0.798. The van der Waals surface area contributed by atoms with Gasteiger partial charge < -0.3 is 5.73 Å². The van der Waals surface area contributed by atoms with Crippen LogP contribution in [0.1, 0.15) is 46.0 Å². The van der Waals surface area contributed by atoms with Crippen molar-refractivity contribution in [2.75, 3.05) is 13.1 Å². The number of carbonyl (C=O) groups is 2. The van der Waals surface area contributed by atoms with E-state index in [4.69, 9.17) is 5.73 Å². The highest BCUT2D eigenvalue weighted by molar-refractivity contribution is 5.96. The molecule has 3 N–H and O–H groups in total. The minimum absolute atomic E-state index is 0.280. The van der Waals surface area contributed by atoms with E-state index in [9.17, 15) is 9.59 Å². The van der Waals surface area contributed by atoms with Crippen molar-refractivity contribution in [1.29, 1.82) is 0 Å². The molecule has 0 spiro atoms. The standard InChI is InChI=1S/C13H25N3O2/c1-3-5-11-6-4-8-16(9-7-11)10(2)12(17)15-13(14)18/h10-11H,3-9H2,1-2H3,(H3,14,15,17,18)/t10-,11-/m0/s1. The fourth-order valence-corrected chi connectivity index (χ4v) is 2.66. The highest BCUT2D eigenvalue weighted by Gasteiger charge is 2.25. The molecule has 0 aromatic heterocycles. The van der Waals surface area contributed by atoms with Gasteiger partial charge in [-0.15, -0.1) is 0 Å². The van der Waals surface area contributed by atoms with E-state index in [-0.39, 0.29) is 11.9 Å². The average molecular weight is 255 g/mol. The molecule has 18 heavy (non-hydrogen) atoms. The Balaban J connectivity index is 2.46. The van der Waals surface area contributed by atoms with Crippen LogP contribution >= 0.6 is 0 Å². The number of carbonyl (C=O) groups excluding carboxylic acids is 2. The van der Waals surface area contributed by atoms with Crippen LogP contribution in [-0.2, 0) is 4.79 Å². The highest BCUT2D eigenvalue weighted by atomic mass is 16.2. The van der Waals surface area contributed by atoms with Crippen molar-refractivity contribution in [3.63, 3.8) is 0 Å². The molecule has 1 aliphatic rings. The Hall–Kier alpha value is -1.10. The fourth-order valence-electron chi connectivity index (χ4n) is 2.66. The second-order valence-corrected chi connectivity index (χ2v) is 5.15. The van der Waals surface area contributed by atoms with Crippen LogP contribution in [0.3, 0.4) is 0 Å². The van der Waals surface area contributed by atoms with Crippen LogP contribution in [0.2, 0.25) is 0 Å². The van der Waals surface area contributed by atoms with E-state index in [1.54, 1.807) is 0 Å². The maximum Gasteiger partial charge on any atom is 0.318 e. The summed E-state index contributed by atoms with van der Waals surface area (Å²) in [7, 11) is 0. The number of nitrogens with one attached hydrogen (secondary N) is 1. The number of rotatable bonds is 4. The van der Waals surface area contributed by atoms with E-state index in [0.717, 1.165) is 31.8 Å². The maximum absolute atomic E-state index is 11.7. The molecule has 0 bridgehead atoms. The lowest BCUT2D eigenvalue weighted by Crippen LogP contribution is -2.48. The lowest BCUT2D eigenvalue weighted by molar-refractivity contribution is -0.124. The SMILES string of the molecule is CCC[C@H]1CCCN([C@@H](C)C(=O)NC(N)=O)CC1. The normalized spacial score (nSPS) is 23.1. The number of hydrogen-bond donors (Lipinski definition) is 2. The van der Waals surface area contributed by atoms with Crippen molar-refractivity contribution in [2.45, 2.75) is 52.0 Å². The van der Waals surface area contributed by atoms with E-state index in [1.165, 1.54) is 19.3 Å². The van der Waals surface area contributed by atoms with Gasteiger partial charge in [0.15, 0.2) is 0 Å². The Morgan fingerprint density at radius 2 is 2.11 bits per heavy atom. The predicted molar refractivity (Wildman–Crippen MR) is 71.0 cm³/mol. The van der Waals surface area contributed by atoms with Crippen LogP contribution in [0.4, 0.5) is 4.79 Å². The Kier molecular flexibility index (Phi) is 6.12. The summed E-state index contributed by atoms with van der Waals surface area (Å²) in [5.74, 6) is 0.489. The molecule has 1 fully saturated rings. The van der Waals surface area contributed by atoms with E-state index < -0.39 is 6.03 Å². The minimum Gasteiger partial charge on any atom is -0.351 e. The molecule has 3 amide bonds. The van der Waals surface area contributed by atoms with Crippen molar-refractivity contribution in [3.05, 3.63) is 0 Å². The largest absolute Gasteiger partial charge is 0.351 e. The molecule has 0 saturated carbocycles. The van der Waals surface area contributed by atoms with E-state index >= 15 is 0 Å². The zero-order valence-electron chi connectivity index (χ0n) is 11.4. The second-order valence-electron chi connectivity index (χ2n) is 5.15. The van der Waals surface area contributed by atoms with E-state index in [2.05, 4.69) is 17.1 Å². The van der Waals surface area contributed by atoms with Gasteiger partial charge in [-0.25, -0.2) is 4.79 Å². The third-order valence-corrected chi connectivity index (χ3v) is 3.75. The van der Waals surface area contributed by atoms with Gasteiger partial charge in [-0.3, -0.25) is 15.0 Å². The van der Waals surface area contributed by atoms with Crippen LogP contribution in [0.25, 0.3) is 0 Å². The van der Waals surface area contributed by atoms with Gasteiger partial charge in [-0.05, 0) is 45.2 Å². The molecule has 2 atom stereocenters. The van der Waals surface area contributed by atoms with Gasteiger partial charge in [-0.2, -0.15) is 0 Å². The van der Waals surface area contributed by atoms with E-state index in [1.807, 2.05) is 6.92 Å². The smallest absolute Gasteiger partial charge is 0.318 e. The van der Waals surface area contributed by atoms with Gasteiger partial charge in [0.05, 0.1) is 6.04 Å². The first-order valence-electron chi connectivity index (χ1n) is 6.89. The number of urea groups is 1. The number of imide groups is 1. The monoisotopic (exact) mass is 255 g/mol. The Morgan fingerprint density at radius 3 is 2.72 bits per heavy atom. The van der Waals surface area contributed by atoms with Crippen molar-refractivity contribution < 1.29 is 9.59 Å². The third-order valence-electron chi connectivity index (χ3n) is 3.75. The molecule has 104 valence electrons. The third kappa shape index (κ3) is 4.64. The molecular formula is C13H25N3O2. The summed E-state index contributed by atoms with van der Waals surface area (Å²) < 4.78 is 0. The fraction of sp³-hybridized carbons (Fsp3) is 0.846. The summed E-state index contributed by atoms with van der Waals surface area (Å²) in [5, 5.41) is 2.15. The summed E-state index contributed by atoms with van der Waals surface area (Å²) >= 11 is 0. The number of hydrogen-bond acceptors (Lipinski definition) is 3. The number of nitrogens with zero attached hydrogens (tertiary/aromatic N) is 1. The molecule has 5 heteroatoms. The van der Waals surface area contributed by atoms with Crippen LogP contribution < -0.4 is 11.1 Å². The summed E-state index contributed by atoms with van der Waals surface area (Å²) in [6, 6.07) is -1.05. The van der Waals surface area contributed by atoms with E-state index in [0.29, 0.717) is 0 Å². The molecule has 1 saturated heterocycles. The Bertz CT molecular complexity index is 294. The zero-order chi connectivity index (χ0) is 13.5. The summed E-state index contributed by atoms with van der Waals surface area (Å²) in [5.41, 5.74) is 4.96. The first-order chi connectivity index (χ1) is 8.54. The summed E-state index contributed by atoms with van der Waals surface area (Å²) in [6.07, 6.45) is 6.01. The van der Waals surface area contributed by atoms with Gasteiger partial charge in [0.25, 0.3) is 0 Å². The van der Waals surface area contributed by atoms with Crippen LogP contribution in [-0.4, -0.2) is 36.0 Å². The highest BCUT2D eigenvalue weighted by Crippen LogP contribution is 2.22. The molecule has 0 aromatic rings. The molecular weight excluding hydrogens is 230 g/mol. The minimum atomic E-state index is -0.773. The molecule has 1 heterocycles. The van der Waals surface area contributed by atoms with Gasteiger partial charge in [0.1, 0.15) is 0 Å². The zero-order valence-corrected chi connectivity index (χ0v) is 11.4. The van der Waals surface area contributed by atoms with Crippen LogP contribution in [0, 0.1) is 5.92 Å². The molecule has 0 aromatic carbocycles. The van der Waals surface area contributed by atoms with Gasteiger partial charge >= 0.3 is 6.03 Å². The van der Waals surface area contributed by atoms with Crippen LogP contribution in [0.15, 0.2) is 0 Å². The van der Waals surface area contributed by atoms with Crippen molar-refractivity contribution in [2.24, 2.45) is 11.7 Å². The summed E-state index contributed by atoms with van der Waals surface area (Å²) in [6.45, 7) is 5.90. The molecule has 1 aliphatic heterocycles. The Labute approximate surface area is 109 Å². The molecule has 1 rings (SSSR count). The molecule has 0 unspecified atom stereocenters. The molecule has 0 radical (unpaired) electrons.